The second-order valence-corrected chi connectivity index (χ2v) is 12.4. The lowest BCUT2D eigenvalue weighted by atomic mass is 10.1. The third-order valence-corrected chi connectivity index (χ3v) is 7.20. The van der Waals surface area contributed by atoms with Gasteiger partial charge in [0.2, 0.25) is 11.0 Å². The van der Waals surface area contributed by atoms with Crippen LogP contribution in [0.2, 0.25) is 0 Å². The summed E-state index contributed by atoms with van der Waals surface area (Å²) in [4.78, 5) is 24.5. The molecular formula is C32H39N7O4S. The van der Waals surface area contributed by atoms with Gasteiger partial charge in [-0.2, -0.15) is 5.10 Å². The summed E-state index contributed by atoms with van der Waals surface area (Å²) in [6.45, 7) is 5.73. The molecule has 232 valence electrons. The van der Waals surface area contributed by atoms with Crippen molar-refractivity contribution in [1.82, 2.24) is 25.7 Å². The molecule has 0 aliphatic carbocycles. The van der Waals surface area contributed by atoms with Crippen LogP contribution < -0.4 is 16.0 Å². The number of unbranched alkanes of at least 4 members (excludes halogenated alkanes) is 1. The Morgan fingerprint density at radius 1 is 0.886 bits per heavy atom. The predicted molar refractivity (Wildman–Crippen MR) is 170 cm³/mol. The maximum absolute atomic E-state index is 12.6. The minimum absolute atomic E-state index is 0.165. The molecule has 0 radical (unpaired) electrons. The number of anilines is 2. The molecule has 2 heterocycles. The van der Waals surface area contributed by atoms with E-state index in [-0.39, 0.29) is 12.3 Å². The molecule has 0 bridgehead atoms. The number of aromatic nitrogens is 4. The topological polar surface area (TPSA) is 151 Å². The zero-order chi connectivity index (χ0) is 31.4. The third kappa shape index (κ3) is 11.7. The van der Waals surface area contributed by atoms with E-state index in [1.807, 2.05) is 81.4 Å². The third-order valence-electron chi connectivity index (χ3n) is 6.28. The van der Waals surface area contributed by atoms with Crippen LogP contribution in [0.3, 0.4) is 0 Å². The molecule has 0 aliphatic rings. The SMILES string of the molecule is CC(C)(C)OC(=O)NCc1cccc(CC(=O)Nc2ccc(CCCCc3nnc(NC(O)Cc4ccccc4)s3)nn2)c1. The summed E-state index contributed by atoms with van der Waals surface area (Å²) in [7, 11) is 0. The number of benzene rings is 2. The Balaban J connectivity index is 1.14. The van der Waals surface area contributed by atoms with Crippen LogP contribution in [-0.4, -0.2) is 49.3 Å². The van der Waals surface area contributed by atoms with E-state index >= 15 is 0 Å². The smallest absolute Gasteiger partial charge is 0.407 e. The Morgan fingerprint density at radius 3 is 2.39 bits per heavy atom. The largest absolute Gasteiger partial charge is 0.444 e. The molecule has 11 nitrogen and oxygen atoms in total. The number of nitrogens with one attached hydrogen (secondary N) is 3. The zero-order valence-electron chi connectivity index (χ0n) is 25.2. The molecule has 0 aliphatic heterocycles. The minimum Gasteiger partial charge on any atom is -0.444 e. The van der Waals surface area contributed by atoms with E-state index in [2.05, 4.69) is 36.3 Å². The normalized spacial score (nSPS) is 11.9. The number of alkyl carbamates (subject to hydrolysis) is 1. The van der Waals surface area contributed by atoms with Crippen LogP contribution in [-0.2, 0) is 41.8 Å². The monoisotopic (exact) mass is 617 g/mol. The second-order valence-electron chi connectivity index (χ2n) is 11.4. The number of aliphatic hydroxyl groups is 1. The van der Waals surface area contributed by atoms with E-state index in [4.69, 9.17) is 4.74 Å². The first-order valence-electron chi connectivity index (χ1n) is 14.6. The van der Waals surface area contributed by atoms with E-state index in [1.165, 1.54) is 11.3 Å². The Kier molecular flexibility index (Phi) is 11.7. The van der Waals surface area contributed by atoms with E-state index in [0.717, 1.165) is 53.1 Å². The summed E-state index contributed by atoms with van der Waals surface area (Å²) in [5.74, 6) is 0.188. The number of carbonyl (C=O) groups excluding carboxylic acids is 2. The maximum atomic E-state index is 12.6. The Hall–Kier alpha value is -4.42. The van der Waals surface area contributed by atoms with Crippen molar-refractivity contribution in [1.29, 1.82) is 0 Å². The first-order chi connectivity index (χ1) is 21.1. The summed E-state index contributed by atoms with van der Waals surface area (Å²) < 4.78 is 5.26. The average molecular weight is 618 g/mol. The summed E-state index contributed by atoms with van der Waals surface area (Å²) in [5, 5.41) is 37.1. The summed E-state index contributed by atoms with van der Waals surface area (Å²) >= 11 is 1.45. The standard InChI is InChI=1S/C32H39N7O4S/c1-32(2,3)43-31(42)33-21-24-13-9-12-23(18-24)20-27(40)34-26-17-16-25(36-37-26)14-7-8-15-29-38-39-30(44-29)35-28(41)19-22-10-5-4-6-11-22/h4-6,9-13,16-18,28,41H,7-8,14-15,19-21H2,1-3H3,(H,33,42)(H,35,39)(H,34,37,40). The molecule has 4 rings (SSSR count). The fourth-order valence-electron chi connectivity index (χ4n) is 4.30. The molecule has 4 N–H and O–H groups in total. The molecule has 0 spiro atoms. The van der Waals surface area contributed by atoms with E-state index in [1.54, 1.807) is 6.07 Å². The van der Waals surface area contributed by atoms with Gasteiger partial charge in [-0.25, -0.2) is 4.79 Å². The van der Waals surface area contributed by atoms with Crippen LogP contribution in [0.1, 0.15) is 61.0 Å². The molecule has 0 saturated heterocycles. The second kappa shape index (κ2) is 15.9. The summed E-state index contributed by atoms with van der Waals surface area (Å²) in [6.07, 6.45) is 2.79. The highest BCUT2D eigenvalue weighted by molar-refractivity contribution is 7.15. The minimum atomic E-state index is -0.726. The molecule has 1 atom stereocenters. The molecule has 4 aromatic rings. The van der Waals surface area contributed by atoms with Crippen molar-refractivity contribution >= 4 is 34.3 Å². The van der Waals surface area contributed by atoms with Gasteiger partial charge in [-0.1, -0.05) is 65.9 Å². The Labute approximate surface area is 261 Å². The molecule has 2 aromatic carbocycles. The number of amides is 2. The van der Waals surface area contributed by atoms with Crippen LogP contribution in [0.15, 0.2) is 66.7 Å². The van der Waals surface area contributed by atoms with Crippen molar-refractivity contribution in [3.05, 3.63) is 94.1 Å². The Morgan fingerprint density at radius 2 is 1.64 bits per heavy atom. The van der Waals surface area contributed by atoms with Crippen molar-refractivity contribution in [3.63, 3.8) is 0 Å². The van der Waals surface area contributed by atoms with Crippen LogP contribution in [0.25, 0.3) is 0 Å². The van der Waals surface area contributed by atoms with Gasteiger partial charge in [0.25, 0.3) is 0 Å². The molecule has 0 saturated carbocycles. The van der Waals surface area contributed by atoms with Gasteiger partial charge in [0.15, 0.2) is 5.82 Å². The number of nitrogens with zero attached hydrogens (tertiary/aromatic N) is 4. The predicted octanol–water partition coefficient (Wildman–Crippen LogP) is 5.07. The molecule has 2 amide bonds. The molecule has 1 unspecified atom stereocenters. The number of hydrogen-bond acceptors (Lipinski definition) is 10. The van der Waals surface area contributed by atoms with Crippen LogP contribution >= 0.6 is 11.3 Å². The Bertz CT molecular complexity index is 1490. The van der Waals surface area contributed by atoms with E-state index in [0.29, 0.717) is 23.9 Å². The van der Waals surface area contributed by atoms with Gasteiger partial charge in [-0.3, -0.25) is 4.79 Å². The van der Waals surface area contributed by atoms with Gasteiger partial charge in [-0.15, -0.1) is 15.3 Å². The van der Waals surface area contributed by atoms with E-state index < -0.39 is 17.9 Å². The van der Waals surface area contributed by atoms with Gasteiger partial charge < -0.3 is 25.8 Å². The van der Waals surface area contributed by atoms with Gasteiger partial charge in [0.05, 0.1) is 12.1 Å². The molecule has 44 heavy (non-hydrogen) atoms. The number of rotatable bonds is 14. The van der Waals surface area contributed by atoms with Crippen molar-refractivity contribution < 1.29 is 19.4 Å². The lowest BCUT2D eigenvalue weighted by Gasteiger charge is -2.19. The number of aryl methyl sites for hydroxylation is 2. The van der Waals surface area contributed by atoms with Gasteiger partial charge in [0.1, 0.15) is 16.8 Å². The maximum Gasteiger partial charge on any atom is 0.407 e. The molecule has 0 fully saturated rings. The van der Waals surface area contributed by atoms with Crippen molar-refractivity contribution in [2.24, 2.45) is 0 Å². The quantitative estimate of drug-likeness (QED) is 0.112. The highest BCUT2D eigenvalue weighted by atomic mass is 32.1. The van der Waals surface area contributed by atoms with Gasteiger partial charge in [0, 0.05) is 19.4 Å². The first-order valence-corrected chi connectivity index (χ1v) is 15.4. The van der Waals surface area contributed by atoms with Crippen molar-refractivity contribution in [2.45, 2.75) is 77.7 Å². The van der Waals surface area contributed by atoms with Crippen LogP contribution in [0, 0.1) is 0 Å². The first kappa shape index (κ1) is 32.5. The van der Waals surface area contributed by atoms with Gasteiger partial charge >= 0.3 is 6.09 Å². The highest BCUT2D eigenvalue weighted by Crippen LogP contribution is 2.19. The molecular weight excluding hydrogens is 578 g/mol. The number of aliphatic hydroxyl groups excluding tert-OH is 1. The van der Waals surface area contributed by atoms with Crippen LogP contribution in [0.4, 0.5) is 15.7 Å². The average Bonchev–Trinajstić information content (AvgIpc) is 3.41. The molecule has 12 heteroatoms. The zero-order valence-corrected chi connectivity index (χ0v) is 26.1. The van der Waals surface area contributed by atoms with Crippen molar-refractivity contribution in [2.75, 3.05) is 10.6 Å². The number of ether oxygens (including phenoxy) is 1. The number of carbonyl (C=O) groups is 2. The van der Waals surface area contributed by atoms with Crippen LogP contribution in [0.5, 0.6) is 0 Å². The highest BCUT2D eigenvalue weighted by Gasteiger charge is 2.16. The van der Waals surface area contributed by atoms with E-state index in [9.17, 15) is 14.7 Å². The summed E-state index contributed by atoms with van der Waals surface area (Å²) in [5.41, 5.74) is 3.01. The fourth-order valence-corrected chi connectivity index (χ4v) is 5.12. The number of hydrogen-bond donors (Lipinski definition) is 4. The lowest BCUT2D eigenvalue weighted by molar-refractivity contribution is -0.115. The summed E-state index contributed by atoms with van der Waals surface area (Å²) in [6, 6.07) is 20.9. The van der Waals surface area contributed by atoms with Crippen molar-refractivity contribution in [3.8, 4) is 0 Å². The fraction of sp³-hybridized carbons (Fsp3) is 0.375. The molecule has 2 aromatic heterocycles. The van der Waals surface area contributed by atoms with Gasteiger partial charge in [-0.05, 0) is 68.9 Å². The lowest BCUT2D eigenvalue weighted by Crippen LogP contribution is -2.32.